The molecule has 4 heterocycles. The maximum atomic E-state index is 13.7. The van der Waals surface area contributed by atoms with Gasteiger partial charge < -0.3 is 4.42 Å². The summed E-state index contributed by atoms with van der Waals surface area (Å²) in [5.41, 5.74) is 0.0584. The largest absolute Gasteiger partial charge is 0.459 e. The average Bonchev–Trinajstić information content (AvgIpc) is 3.35. The fraction of sp³-hybridized carbons (Fsp3) is 0. The Hall–Kier alpha value is -3.74. The quantitative estimate of drug-likeness (QED) is 0.467. The summed E-state index contributed by atoms with van der Waals surface area (Å²) in [4.78, 5) is 38.6. The first kappa shape index (κ1) is 14.6. The van der Waals surface area contributed by atoms with Gasteiger partial charge in [0, 0.05) is 11.6 Å². The molecule has 0 atom stereocenters. The topological polar surface area (TPSA) is 74.2 Å². The number of hydrogen-bond acceptors (Lipinski definition) is 4. The minimum Gasteiger partial charge on any atom is -0.459 e. The second-order valence-corrected chi connectivity index (χ2v) is 5.90. The molecule has 6 nitrogen and oxygen atoms in total. The zero-order chi connectivity index (χ0) is 18.0. The lowest BCUT2D eigenvalue weighted by molar-refractivity contribution is 0.0938. The van der Waals surface area contributed by atoms with Crippen LogP contribution >= 0.6 is 0 Å². The molecule has 0 saturated heterocycles. The molecule has 126 valence electrons. The third-order valence-electron chi connectivity index (χ3n) is 4.49. The number of aromatic nitrogens is 2. The van der Waals surface area contributed by atoms with Gasteiger partial charge in [-0.25, -0.2) is 4.39 Å². The molecule has 0 spiro atoms. The van der Waals surface area contributed by atoms with Gasteiger partial charge in [-0.1, -0.05) is 0 Å². The second kappa shape index (κ2) is 4.89. The van der Waals surface area contributed by atoms with E-state index in [0.29, 0.717) is 5.69 Å². The van der Waals surface area contributed by atoms with Gasteiger partial charge in [0.15, 0.2) is 5.76 Å². The van der Waals surface area contributed by atoms with Crippen LogP contribution in [0, 0.1) is 5.82 Å². The van der Waals surface area contributed by atoms with Crippen molar-refractivity contribution < 1.29 is 18.4 Å². The molecule has 7 heteroatoms. The molecule has 1 aliphatic rings. The van der Waals surface area contributed by atoms with Gasteiger partial charge >= 0.3 is 0 Å². The zero-order valence-corrected chi connectivity index (χ0v) is 13.1. The number of carbonyl (C=O) groups is 2. The first-order chi connectivity index (χ1) is 12.6. The van der Waals surface area contributed by atoms with Gasteiger partial charge in [0.25, 0.3) is 11.8 Å². The maximum absolute atomic E-state index is 13.7. The Bertz CT molecular complexity index is 1300. The highest BCUT2D eigenvalue weighted by Gasteiger charge is 2.35. The number of fused-ring (bicyclic) bond motifs is 4. The highest BCUT2D eigenvalue weighted by Crippen LogP contribution is 2.33. The van der Waals surface area contributed by atoms with Gasteiger partial charge in [0.2, 0.25) is 5.43 Å². The summed E-state index contributed by atoms with van der Waals surface area (Å²) in [7, 11) is 0. The molecule has 0 bridgehead atoms. The zero-order valence-electron chi connectivity index (χ0n) is 13.1. The Morgan fingerprint density at radius 2 is 1.92 bits per heavy atom. The van der Waals surface area contributed by atoms with Crippen molar-refractivity contribution >= 4 is 22.7 Å². The molecule has 0 amide bonds. The number of halogens is 1. The number of hydrogen-bond donors (Lipinski definition) is 0. The minimum atomic E-state index is -0.628. The van der Waals surface area contributed by atoms with Gasteiger partial charge in [0.05, 0.1) is 23.2 Å². The van der Waals surface area contributed by atoms with Crippen LogP contribution in [0.1, 0.15) is 20.9 Å². The van der Waals surface area contributed by atoms with E-state index < -0.39 is 23.1 Å². The van der Waals surface area contributed by atoms with Gasteiger partial charge in [-0.05, 0) is 42.5 Å². The molecular formula is C19H9FN2O4. The predicted octanol–water partition coefficient (Wildman–Crippen LogP) is 2.89. The number of pyridine rings is 1. The van der Waals surface area contributed by atoms with Gasteiger partial charge in [-0.3, -0.25) is 23.5 Å². The lowest BCUT2D eigenvalue weighted by Crippen LogP contribution is -2.23. The normalized spacial score (nSPS) is 12.4. The van der Waals surface area contributed by atoms with Crippen LogP contribution in [0.25, 0.3) is 22.3 Å². The Labute approximate surface area is 144 Å². The molecule has 0 radical (unpaired) electrons. The molecule has 0 fully saturated rings. The van der Waals surface area contributed by atoms with Crippen molar-refractivity contribution in [3.63, 3.8) is 0 Å². The number of benzene rings is 1. The average molecular weight is 348 g/mol. The minimum absolute atomic E-state index is 0.0391. The van der Waals surface area contributed by atoms with Crippen LogP contribution in [0.2, 0.25) is 0 Å². The van der Waals surface area contributed by atoms with E-state index in [9.17, 15) is 18.8 Å². The Balaban J connectivity index is 2.00. The summed E-state index contributed by atoms with van der Waals surface area (Å²) in [5.74, 6) is -1.68. The molecule has 4 aromatic rings. The van der Waals surface area contributed by atoms with Crippen molar-refractivity contribution in [3.05, 3.63) is 82.3 Å². The molecule has 26 heavy (non-hydrogen) atoms. The Kier molecular flexibility index (Phi) is 2.74. The van der Waals surface area contributed by atoms with E-state index in [1.54, 1.807) is 18.2 Å². The smallest absolute Gasteiger partial charge is 0.298 e. The molecule has 0 saturated carbocycles. The van der Waals surface area contributed by atoms with Crippen molar-refractivity contribution in [2.45, 2.75) is 0 Å². The van der Waals surface area contributed by atoms with Crippen molar-refractivity contribution in [2.75, 3.05) is 0 Å². The summed E-state index contributed by atoms with van der Waals surface area (Å²) >= 11 is 0. The standard InChI is InChI=1S/C19H9FN2O4/c20-10-5-6-12-11(9-10)17(23)15-16(13-3-1-7-21(13)19(15)25)22(12)18(24)14-4-2-8-26-14/h1-9H. The molecular weight excluding hydrogens is 339 g/mol. The summed E-state index contributed by atoms with van der Waals surface area (Å²) in [5, 5.41) is -0.0391. The molecule has 5 rings (SSSR count). The van der Waals surface area contributed by atoms with Gasteiger partial charge in [-0.15, -0.1) is 0 Å². The van der Waals surface area contributed by atoms with Crippen molar-refractivity contribution in [3.8, 4) is 11.4 Å². The highest BCUT2D eigenvalue weighted by molar-refractivity contribution is 6.14. The van der Waals surface area contributed by atoms with Crippen LogP contribution in [-0.4, -0.2) is 20.9 Å². The van der Waals surface area contributed by atoms with E-state index in [1.807, 2.05) is 0 Å². The van der Waals surface area contributed by atoms with Crippen LogP contribution in [0.4, 0.5) is 4.39 Å². The van der Waals surface area contributed by atoms with Crippen LogP contribution in [0.5, 0.6) is 0 Å². The van der Waals surface area contributed by atoms with Crippen LogP contribution < -0.4 is 5.43 Å². The Morgan fingerprint density at radius 3 is 2.69 bits per heavy atom. The molecule has 0 N–H and O–H groups in total. The fourth-order valence-corrected chi connectivity index (χ4v) is 3.39. The lowest BCUT2D eigenvalue weighted by atomic mass is 10.1. The third-order valence-corrected chi connectivity index (χ3v) is 4.49. The summed E-state index contributed by atoms with van der Waals surface area (Å²) in [6.07, 6.45) is 2.87. The van der Waals surface area contributed by atoms with E-state index in [1.165, 1.54) is 33.7 Å². The number of rotatable bonds is 1. The van der Waals surface area contributed by atoms with Crippen LogP contribution in [0.15, 0.2) is 64.1 Å². The van der Waals surface area contributed by atoms with Crippen LogP contribution in [0.3, 0.4) is 0 Å². The second-order valence-electron chi connectivity index (χ2n) is 5.90. The predicted molar refractivity (Wildman–Crippen MR) is 89.8 cm³/mol. The van der Waals surface area contributed by atoms with E-state index in [0.717, 1.165) is 12.1 Å². The SMILES string of the molecule is O=C1c2c(n(C(=O)c3ccco3)c3ccc(F)cc3c2=O)-c2cccn21. The summed E-state index contributed by atoms with van der Waals surface area (Å²) in [6, 6.07) is 9.88. The molecule has 1 aliphatic heterocycles. The first-order valence-electron chi connectivity index (χ1n) is 7.77. The fourth-order valence-electron chi connectivity index (χ4n) is 3.39. The van der Waals surface area contributed by atoms with Gasteiger partial charge in [0.1, 0.15) is 11.4 Å². The van der Waals surface area contributed by atoms with E-state index in [4.69, 9.17) is 4.42 Å². The van der Waals surface area contributed by atoms with Crippen LogP contribution in [-0.2, 0) is 0 Å². The number of furan rings is 1. The molecule has 1 aromatic carbocycles. The number of carbonyl (C=O) groups excluding carboxylic acids is 2. The monoisotopic (exact) mass is 348 g/mol. The van der Waals surface area contributed by atoms with E-state index >= 15 is 0 Å². The molecule has 3 aromatic heterocycles. The van der Waals surface area contributed by atoms with E-state index in [2.05, 4.69) is 0 Å². The summed E-state index contributed by atoms with van der Waals surface area (Å²) < 4.78 is 21.5. The Morgan fingerprint density at radius 1 is 1.08 bits per heavy atom. The van der Waals surface area contributed by atoms with Gasteiger partial charge in [-0.2, -0.15) is 0 Å². The maximum Gasteiger partial charge on any atom is 0.298 e. The number of nitrogens with zero attached hydrogens (tertiary/aromatic N) is 2. The van der Waals surface area contributed by atoms with Crippen molar-refractivity contribution in [1.29, 1.82) is 0 Å². The summed E-state index contributed by atoms with van der Waals surface area (Å²) in [6.45, 7) is 0. The molecule has 0 aliphatic carbocycles. The van der Waals surface area contributed by atoms with Crippen molar-refractivity contribution in [2.24, 2.45) is 0 Å². The van der Waals surface area contributed by atoms with E-state index in [-0.39, 0.29) is 27.9 Å². The third kappa shape index (κ3) is 1.71. The highest BCUT2D eigenvalue weighted by atomic mass is 19.1. The first-order valence-corrected chi connectivity index (χ1v) is 7.77. The lowest BCUT2D eigenvalue weighted by Gasteiger charge is -2.13. The molecule has 0 unspecified atom stereocenters. The van der Waals surface area contributed by atoms with Crippen molar-refractivity contribution in [1.82, 2.24) is 9.13 Å².